The van der Waals surface area contributed by atoms with Crippen molar-refractivity contribution in [2.45, 2.75) is 44.9 Å². The van der Waals surface area contributed by atoms with E-state index in [9.17, 15) is 9.59 Å². The Morgan fingerprint density at radius 3 is 2.60 bits per heavy atom. The van der Waals surface area contributed by atoms with Gasteiger partial charge in [-0.1, -0.05) is 19.3 Å². The summed E-state index contributed by atoms with van der Waals surface area (Å²) in [4.78, 5) is 27.1. The van der Waals surface area contributed by atoms with E-state index in [-0.39, 0.29) is 24.2 Å². The van der Waals surface area contributed by atoms with Gasteiger partial charge in [-0.3, -0.25) is 14.6 Å². The molecular formula is C15H20N2O3. The second-order valence-corrected chi connectivity index (χ2v) is 5.60. The fourth-order valence-corrected chi connectivity index (χ4v) is 3.02. The Hall–Kier alpha value is -1.91. The second kappa shape index (κ2) is 6.50. The highest BCUT2D eigenvalue weighted by atomic mass is 16.4. The number of nitrogens with zero attached hydrogens (tertiary/aromatic N) is 1. The maximum Gasteiger partial charge on any atom is 0.303 e. The summed E-state index contributed by atoms with van der Waals surface area (Å²) in [6.07, 6.45) is 8.36. The lowest BCUT2D eigenvalue weighted by molar-refractivity contribution is -0.140. The number of carbonyl (C=O) groups excluding carboxylic acids is 1. The van der Waals surface area contributed by atoms with Gasteiger partial charge in [-0.2, -0.15) is 0 Å². The highest BCUT2D eigenvalue weighted by Crippen LogP contribution is 2.42. The standard InChI is InChI=1S/C15H20N2O3/c18-13(17-12-5-4-8-16-11-12)9-15(10-14(19)20)6-2-1-3-7-15/h4-5,8,11H,1-3,6-7,9-10H2,(H,17,18)(H,19,20). The van der Waals surface area contributed by atoms with Crippen LogP contribution in [0.3, 0.4) is 0 Å². The molecule has 2 rings (SSSR count). The first kappa shape index (κ1) is 14.5. The van der Waals surface area contributed by atoms with Crippen molar-refractivity contribution in [3.8, 4) is 0 Å². The molecule has 0 spiro atoms. The molecule has 0 atom stereocenters. The summed E-state index contributed by atoms with van der Waals surface area (Å²) >= 11 is 0. The second-order valence-electron chi connectivity index (χ2n) is 5.60. The van der Waals surface area contributed by atoms with Gasteiger partial charge < -0.3 is 10.4 Å². The zero-order chi connectivity index (χ0) is 14.4. The summed E-state index contributed by atoms with van der Waals surface area (Å²) in [6, 6.07) is 3.53. The molecule has 1 aromatic rings. The lowest BCUT2D eigenvalue weighted by Gasteiger charge is -2.35. The van der Waals surface area contributed by atoms with E-state index in [1.165, 1.54) is 0 Å². The van der Waals surface area contributed by atoms with E-state index >= 15 is 0 Å². The Morgan fingerprint density at radius 1 is 1.25 bits per heavy atom. The number of carboxylic acids is 1. The van der Waals surface area contributed by atoms with E-state index in [0.29, 0.717) is 5.69 Å². The van der Waals surface area contributed by atoms with Gasteiger partial charge in [0.1, 0.15) is 0 Å². The molecule has 0 aliphatic heterocycles. The molecule has 2 N–H and O–H groups in total. The number of rotatable bonds is 5. The van der Waals surface area contributed by atoms with Crippen molar-refractivity contribution in [2.75, 3.05) is 5.32 Å². The molecule has 5 heteroatoms. The van der Waals surface area contributed by atoms with Crippen molar-refractivity contribution in [3.63, 3.8) is 0 Å². The first-order valence-corrected chi connectivity index (χ1v) is 7.01. The largest absolute Gasteiger partial charge is 0.481 e. The SMILES string of the molecule is O=C(O)CC1(CC(=O)Nc2cccnc2)CCCCC1. The van der Waals surface area contributed by atoms with Gasteiger partial charge in [-0.05, 0) is 30.4 Å². The van der Waals surface area contributed by atoms with Crippen LogP contribution in [0.25, 0.3) is 0 Å². The number of carbonyl (C=O) groups is 2. The Morgan fingerprint density at radius 2 is 2.00 bits per heavy atom. The average molecular weight is 276 g/mol. The van der Waals surface area contributed by atoms with Crippen molar-refractivity contribution >= 4 is 17.6 Å². The minimum atomic E-state index is -0.818. The van der Waals surface area contributed by atoms with E-state index < -0.39 is 5.97 Å². The Bertz CT molecular complexity index is 467. The van der Waals surface area contributed by atoms with Crippen molar-refractivity contribution < 1.29 is 14.7 Å². The van der Waals surface area contributed by atoms with E-state index in [1.807, 2.05) is 0 Å². The summed E-state index contributed by atoms with van der Waals surface area (Å²) in [5.41, 5.74) is 0.273. The van der Waals surface area contributed by atoms with Crippen LogP contribution in [-0.4, -0.2) is 22.0 Å². The summed E-state index contributed by atoms with van der Waals surface area (Å²) in [5, 5.41) is 11.9. The minimum absolute atomic E-state index is 0.0768. The maximum atomic E-state index is 12.1. The predicted octanol–water partition coefficient (Wildman–Crippen LogP) is 2.84. The monoisotopic (exact) mass is 276 g/mol. The third-order valence-electron chi connectivity index (χ3n) is 3.92. The third kappa shape index (κ3) is 4.05. The van der Waals surface area contributed by atoms with Crippen molar-refractivity contribution in [2.24, 2.45) is 5.41 Å². The first-order valence-electron chi connectivity index (χ1n) is 7.01. The molecule has 108 valence electrons. The van der Waals surface area contributed by atoms with Crippen LogP contribution in [0, 0.1) is 5.41 Å². The molecule has 0 radical (unpaired) electrons. The third-order valence-corrected chi connectivity index (χ3v) is 3.92. The number of anilines is 1. The van der Waals surface area contributed by atoms with Gasteiger partial charge in [-0.15, -0.1) is 0 Å². The lowest BCUT2D eigenvalue weighted by atomic mass is 9.69. The molecule has 0 unspecified atom stereocenters. The quantitative estimate of drug-likeness (QED) is 0.866. The number of pyridine rings is 1. The highest BCUT2D eigenvalue weighted by molar-refractivity contribution is 5.91. The molecule has 0 saturated heterocycles. The number of hydrogen-bond acceptors (Lipinski definition) is 3. The average Bonchev–Trinajstić information content (AvgIpc) is 2.39. The van der Waals surface area contributed by atoms with Gasteiger partial charge in [0.2, 0.25) is 5.91 Å². The molecule has 0 aromatic carbocycles. The molecule has 5 nitrogen and oxygen atoms in total. The molecular weight excluding hydrogens is 256 g/mol. The van der Waals surface area contributed by atoms with Crippen LogP contribution >= 0.6 is 0 Å². The summed E-state index contributed by atoms with van der Waals surface area (Å²) in [7, 11) is 0. The Labute approximate surface area is 118 Å². The molecule has 1 saturated carbocycles. The Kier molecular flexibility index (Phi) is 4.71. The normalized spacial score (nSPS) is 17.4. The van der Waals surface area contributed by atoms with Gasteiger partial charge in [0, 0.05) is 12.6 Å². The highest BCUT2D eigenvalue weighted by Gasteiger charge is 2.36. The summed E-state index contributed by atoms with van der Waals surface area (Å²) in [5.74, 6) is -0.942. The van der Waals surface area contributed by atoms with E-state index in [2.05, 4.69) is 10.3 Å². The van der Waals surface area contributed by atoms with Crippen LogP contribution in [0.5, 0.6) is 0 Å². The number of aromatic nitrogens is 1. The van der Waals surface area contributed by atoms with Crippen LogP contribution in [0.4, 0.5) is 5.69 Å². The van der Waals surface area contributed by atoms with Gasteiger partial charge in [0.05, 0.1) is 18.3 Å². The van der Waals surface area contributed by atoms with Crippen molar-refractivity contribution in [3.05, 3.63) is 24.5 Å². The maximum absolute atomic E-state index is 12.1. The van der Waals surface area contributed by atoms with Crippen LogP contribution in [-0.2, 0) is 9.59 Å². The number of amides is 1. The summed E-state index contributed by atoms with van der Waals surface area (Å²) in [6.45, 7) is 0. The van der Waals surface area contributed by atoms with Gasteiger partial charge in [-0.25, -0.2) is 0 Å². The van der Waals surface area contributed by atoms with E-state index in [0.717, 1.165) is 32.1 Å². The fourth-order valence-electron chi connectivity index (χ4n) is 3.02. The molecule has 1 aromatic heterocycles. The molecule has 1 fully saturated rings. The van der Waals surface area contributed by atoms with Crippen molar-refractivity contribution in [1.29, 1.82) is 0 Å². The zero-order valence-corrected chi connectivity index (χ0v) is 11.5. The number of nitrogens with one attached hydrogen (secondary N) is 1. The molecule has 20 heavy (non-hydrogen) atoms. The predicted molar refractivity (Wildman–Crippen MR) is 75.3 cm³/mol. The van der Waals surface area contributed by atoms with Crippen LogP contribution in [0.2, 0.25) is 0 Å². The van der Waals surface area contributed by atoms with Gasteiger partial charge in [0.25, 0.3) is 0 Å². The number of carboxylic acid groups (broad SMARTS) is 1. The van der Waals surface area contributed by atoms with E-state index in [4.69, 9.17) is 5.11 Å². The smallest absolute Gasteiger partial charge is 0.303 e. The van der Waals surface area contributed by atoms with Crippen LogP contribution < -0.4 is 5.32 Å². The molecule has 0 bridgehead atoms. The Balaban J connectivity index is 2.00. The lowest BCUT2D eigenvalue weighted by Crippen LogP contribution is -2.32. The topological polar surface area (TPSA) is 79.3 Å². The molecule has 1 amide bonds. The number of hydrogen-bond donors (Lipinski definition) is 2. The minimum Gasteiger partial charge on any atom is -0.481 e. The summed E-state index contributed by atoms with van der Waals surface area (Å²) < 4.78 is 0. The van der Waals surface area contributed by atoms with Crippen LogP contribution in [0.1, 0.15) is 44.9 Å². The molecule has 1 aliphatic carbocycles. The molecule has 1 aliphatic rings. The van der Waals surface area contributed by atoms with Gasteiger partial charge >= 0.3 is 5.97 Å². The first-order chi connectivity index (χ1) is 9.60. The number of aliphatic carboxylic acids is 1. The van der Waals surface area contributed by atoms with Crippen LogP contribution in [0.15, 0.2) is 24.5 Å². The van der Waals surface area contributed by atoms with Crippen molar-refractivity contribution in [1.82, 2.24) is 4.98 Å². The zero-order valence-electron chi connectivity index (χ0n) is 11.5. The fraction of sp³-hybridized carbons (Fsp3) is 0.533. The van der Waals surface area contributed by atoms with E-state index in [1.54, 1.807) is 24.5 Å². The van der Waals surface area contributed by atoms with Gasteiger partial charge in [0.15, 0.2) is 0 Å². The molecule has 1 heterocycles.